The SMILES string of the molecule is OC1COCCN(CC=Cc2ccc(F)cc2)C1. The molecule has 0 saturated carbocycles. The Kier molecular flexibility index (Phi) is 4.87. The molecular weight excluding hydrogens is 233 g/mol. The van der Waals surface area contributed by atoms with Gasteiger partial charge >= 0.3 is 0 Å². The summed E-state index contributed by atoms with van der Waals surface area (Å²) in [5.41, 5.74) is 0.975. The van der Waals surface area contributed by atoms with Crippen molar-refractivity contribution < 1.29 is 14.2 Å². The molecule has 1 N–H and O–H groups in total. The van der Waals surface area contributed by atoms with Crippen molar-refractivity contribution in [2.24, 2.45) is 0 Å². The van der Waals surface area contributed by atoms with E-state index < -0.39 is 6.10 Å². The van der Waals surface area contributed by atoms with Crippen LogP contribution in [0.4, 0.5) is 4.39 Å². The third-order valence-corrected chi connectivity index (χ3v) is 2.87. The van der Waals surface area contributed by atoms with Gasteiger partial charge in [-0.15, -0.1) is 0 Å². The van der Waals surface area contributed by atoms with Crippen LogP contribution in [0.15, 0.2) is 30.3 Å². The van der Waals surface area contributed by atoms with Gasteiger partial charge in [-0.05, 0) is 17.7 Å². The summed E-state index contributed by atoms with van der Waals surface area (Å²) in [7, 11) is 0. The van der Waals surface area contributed by atoms with Gasteiger partial charge in [0, 0.05) is 19.6 Å². The number of aliphatic hydroxyl groups excluding tert-OH is 1. The molecule has 98 valence electrons. The van der Waals surface area contributed by atoms with E-state index in [9.17, 15) is 9.50 Å². The highest BCUT2D eigenvalue weighted by molar-refractivity contribution is 5.48. The predicted molar refractivity (Wildman–Crippen MR) is 68.7 cm³/mol. The zero-order valence-corrected chi connectivity index (χ0v) is 10.3. The van der Waals surface area contributed by atoms with Crippen LogP contribution in [0.1, 0.15) is 5.56 Å². The number of hydrogen-bond donors (Lipinski definition) is 1. The fourth-order valence-corrected chi connectivity index (χ4v) is 1.93. The average Bonchev–Trinajstić information content (AvgIpc) is 2.56. The van der Waals surface area contributed by atoms with Crippen LogP contribution in [0, 0.1) is 5.82 Å². The Hall–Kier alpha value is -1.23. The van der Waals surface area contributed by atoms with Gasteiger partial charge in [-0.1, -0.05) is 24.3 Å². The molecule has 3 nitrogen and oxygen atoms in total. The quantitative estimate of drug-likeness (QED) is 0.884. The van der Waals surface area contributed by atoms with Crippen LogP contribution >= 0.6 is 0 Å². The van der Waals surface area contributed by atoms with E-state index in [1.807, 2.05) is 12.2 Å². The van der Waals surface area contributed by atoms with Crippen molar-refractivity contribution in [2.45, 2.75) is 6.10 Å². The van der Waals surface area contributed by atoms with E-state index in [1.54, 1.807) is 12.1 Å². The smallest absolute Gasteiger partial charge is 0.123 e. The first kappa shape index (κ1) is 13.2. The van der Waals surface area contributed by atoms with Crippen molar-refractivity contribution in [2.75, 3.05) is 32.8 Å². The Bertz CT molecular complexity index is 391. The molecule has 1 aromatic rings. The summed E-state index contributed by atoms with van der Waals surface area (Å²) in [5.74, 6) is -0.222. The van der Waals surface area contributed by atoms with Gasteiger partial charge in [0.05, 0.1) is 19.3 Å². The zero-order valence-electron chi connectivity index (χ0n) is 10.3. The standard InChI is InChI=1S/C14H18FNO2/c15-13-5-3-12(4-6-13)2-1-7-16-8-9-18-11-14(17)10-16/h1-6,14,17H,7-11H2. The average molecular weight is 251 g/mol. The summed E-state index contributed by atoms with van der Waals surface area (Å²) < 4.78 is 18.0. The molecule has 1 heterocycles. The summed E-state index contributed by atoms with van der Waals surface area (Å²) in [6, 6.07) is 6.38. The molecule has 2 rings (SSSR count). The second-order valence-electron chi connectivity index (χ2n) is 4.44. The van der Waals surface area contributed by atoms with Crippen LogP contribution in [-0.4, -0.2) is 49.0 Å². The summed E-state index contributed by atoms with van der Waals surface area (Å²) in [5, 5.41) is 9.57. The minimum Gasteiger partial charge on any atom is -0.389 e. The van der Waals surface area contributed by atoms with E-state index in [2.05, 4.69) is 4.90 Å². The number of halogens is 1. The zero-order chi connectivity index (χ0) is 12.8. The van der Waals surface area contributed by atoms with Gasteiger partial charge in [-0.2, -0.15) is 0 Å². The Morgan fingerprint density at radius 1 is 1.39 bits per heavy atom. The molecule has 18 heavy (non-hydrogen) atoms. The monoisotopic (exact) mass is 251 g/mol. The first-order valence-corrected chi connectivity index (χ1v) is 6.14. The number of β-amino-alcohol motifs (C(OH)–C–C–N with tert-alkyl or cyclic N) is 1. The molecule has 0 radical (unpaired) electrons. The molecule has 1 aromatic carbocycles. The largest absolute Gasteiger partial charge is 0.389 e. The lowest BCUT2D eigenvalue weighted by Gasteiger charge is -2.18. The number of nitrogens with zero attached hydrogens (tertiary/aromatic N) is 1. The second-order valence-corrected chi connectivity index (χ2v) is 4.44. The Morgan fingerprint density at radius 3 is 2.94 bits per heavy atom. The van der Waals surface area contributed by atoms with Crippen molar-refractivity contribution >= 4 is 6.08 Å². The second kappa shape index (κ2) is 6.64. The van der Waals surface area contributed by atoms with E-state index in [0.29, 0.717) is 19.8 Å². The molecule has 0 amide bonds. The molecule has 0 aliphatic carbocycles. The van der Waals surface area contributed by atoms with Crippen molar-refractivity contribution in [3.63, 3.8) is 0 Å². The van der Waals surface area contributed by atoms with E-state index in [1.165, 1.54) is 12.1 Å². The molecule has 4 heteroatoms. The van der Waals surface area contributed by atoms with Crippen LogP contribution in [0.3, 0.4) is 0 Å². The van der Waals surface area contributed by atoms with Crippen LogP contribution in [0.5, 0.6) is 0 Å². The first-order chi connectivity index (χ1) is 8.74. The minimum atomic E-state index is -0.410. The third kappa shape index (κ3) is 4.22. The highest BCUT2D eigenvalue weighted by Gasteiger charge is 2.14. The molecule has 1 atom stereocenters. The normalized spacial score (nSPS) is 22.2. The predicted octanol–water partition coefficient (Wildman–Crippen LogP) is 1.53. The van der Waals surface area contributed by atoms with E-state index in [0.717, 1.165) is 18.7 Å². The van der Waals surface area contributed by atoms with Gasteiger partial charge in [0.15, 0.2) is 0 Å². The lowest BCUT2D eigenvalue weighted by Crippen LogP contribution is -2.32. The third-order valence-electron chi connectivity index (χ3n) is 2.87. The van der Waals surface area contributed by atoms with Gasteiger partial charge in [-0.25, -0.2) is 4.39 Å². The lowest BCUT2D eigenvalue weighted by molar-refractivity contribution is 0.0569. The highest BCUT2D eigenvalue weighted by atomic mass is 19.1. The van der Waals surface area contributed by atoms with Gasteiger partial charge in [-0.3, -0.25) is 4.90 Å². The maximum atomic E-state index is 12.7. The van der Waals surface area contributed by atoms with E-state index in [4.69, 9.17) is 4.74 Å². The van der Waals surface area contributed by atoms with Crippen LogP contribution in [-0.2, 0) is 4.74 Å². The van der Waals surface area contributed by atoms with Crippen molar-refractivity contribution in [1.82, 2.24) is 4.90 Å². The summed E-state index contributed by atoms with van der Waals surface area (Å²) in [4.78, 5) is 2.14. The van der Waals surface area contributed by atoms with Gasteiger partial charge in [0.25, 0.3) is 0 Å². The summed E-state index contributed by atoms with van der Waals surface area (Å²) in [6.07, 6.45) is 3.56. The van der Waals surface area contributed by atoms with Crippen LogP contribution in [0.2, 0.25) is 0 Å². The van der Waals surface area contributed by atoms with E-state index >= 15 is 0 Å². The first-order valence-electron chi connectivity index (χ1n) is 6.14. The Balaban J connectivity index is 1.84. The number of aliphatic hydroxyl groups is 1. The van der Waals surface area contributed by atoms with Crippen LogP contribution < -0.4 is 0 Å². The maximum absolute atomic E-state index is 12.7. The molecule has 1 aliphatic rings. The van der Waals surface area contributed by atoms with Crippen molar-refractivity contribution in [3.05, 3.63) is 41.7 Å². The summed E-state index contributed by atoms with van der Waals surface area (Å²) >= 11 is 0. The topological polar surface area (TPSA) is 32.7 Å². The fraction of sp³-hybridized carbons (Fsp3) is 0.429. The lowest BCUT2D eigenvalue weighted by atomic mass is 10.2. The van der Waals surface area contributed by atoms with Gasteiger partial charge < -0.3 is 9.84 Å². The number of rotatable bonds is 3. The van der Waals surface area contributed by atoms with Crippen LogP contribution in [0.25, 0.3) is 6.08 Å². The van der Waals surface area contributed by atoms with Crippen molar-refractivity contribution in [3.8, 4) is 0 Å². The van der Waals surface area contributed by atoms with E-state index in [-0.39, 0.29) is 5.82 Å². The molecule has 1 saturated heterocycles. The Labute approximate surface area is 106 Å². The van der Waals surface area contributed by atoms with Gasteiger partial charge in [0.1, 0.15) is 5.82 Å². The molecular formula is C14H18FNO2. The summed E-state index contributed by atoms with van der Waals surface area (Å²) in [6.45, 7) is 3.29. The Morgan fingerprint density at radius 2 is 2.17 bits per heavy atom. The minimum absolute atomic E-state index is 0.222. The molecule has 1 aliphatic heterocycles. The maximum Gasteiger partial charge on any atom is 0.123 e. The number of hydrogen-bond acceptors (Lipinski definition) is 3. The molecule has 1 unspecified atom stereocenters. The van der Waals surface area contributed by atoms with Gasteiger partial charge in [0.2, 0.25) is 0 Å². The molecule has 0 spiro atoms. The number of ether oxygens (including phenoxy) is 1. The molecule has 1 fully saturated rings. The molecule has 0 aromatic heterocycles. The molecule has 0 bridgehead atoms. The highest BCUT2D eigenvalue weighted by Crippen LogP contribution is 2.05. The van der Waals surface area contributed by atoms with Crippen molar-refractivity contribution in [1.29, 1.82) is 0 Å². The number of benzene rings is 1. The fourth-order valence-electron chi connectivity index (χ4n) is 1.93.